The summed E-state index contributed by atoms with van der Waals surface area (Å²) in [5.74, 6) is 0.149. The van der Waals surface area contributed by atoms with E-state index in [9.17, 15) is 9.59 Å². The van der Waals surface area contributed by atoms with Gasteiger partial charge in [0.25, 0.3) is 0 Å². The molecule has 126 valence electrons. The molecular weight excluding hydrogens is 316 g/mol. The predicted octanol–water partition coefficient (Wildman–Crippen LogP) is 1.97. The highest BCUT2D eigenvalue weighted by atomic mass is 35.5. The Hall–Kier alpha value is -1.79. The lowest BCUT2D eigenvalue weighted by Crippen LogP contribution is -2.52. The molecule has 7 heteroatoms. The normalized spacial score (nSPS) is 15.0. The molecular formula is C16H23ClN4O2. The minimum Gasteiger partial charge on any atom is -0.339 e. The van der Waals surface area contributed by atoms with Gasteiger partial charge in [0.2, 0.25) is 5.91 Å². The van der Waals surface area contributed by atoms with Gasteiger partial charge in [0.15, 0.2) is 0 Å². The molecule has 1 aliphatic heterocycles. The van der Waals surface area contributed by atoms with Crippen molar-refractivity contribution in [1.29, 1.82) is 0 Å². The van der Waals surface area contributed by atoms with E-state index in [0.717, 1.165) is 6.54 Å². The first kappa shape index (κ1) is 17.6. The smallest absolute Gasteiger partial charge is 0.321 e. The molecule has 1 fully saturated rings. The van der Waals surface area contributed by atoms with Gasteiger partial charge in [-0.15, -0.1) is 0 Å². The second kappa shape index (κ2) is 8.17. The molecule has 3 amide bonds. The van der Waals surface area contributed by atoms with E-state index in [1.807, 2.05) is 23.9 Å². The molecule has 1 N–H and O–H groups in total. The molecule has 0 radical (unpaired) electrons. The van der Waals surface area contributed by atoms with Crippen LogP contribution in [0.4, 0.5) is 10.5 Å². The van der Waals surface area contributed by atoms with Crippen molar-refractivity contribution >= 4 is 29.2 Å². The maximum absolute atomic E-state index is 12.2. The Morgan fingerprint density at radius 3 is 2.22 bits per heavy atom. The second-order valence-corrected chi connectivity index (χ2v) is 6.29. The van der Waals surface area contributed by atoms with Crippen molar-refractivity contribution in [2.75, 3.05) is 52.1 Å². The van der Waals surface area contributed by atoms with Crippen molar-refractivity contribution in [2.45, 2.75) is 6.42 Å². The number of piperazine rings is 1. The summed E-state index contributed by atoms with van der Waals surface area (Å²) in [6.07, 6.45) is 0.518. The monoisotopic (exact) mass is 338 g/mol. The van der Waals surface area contributed by atoms with Gasteiger partial charge in [0, 0.05) is 49.9 Å². The fraction of sp³-hybridized carbons (Fsp3) is 0.500. The van der Waals surface area contributed by atoms with Crippen LogP contribution in [0, 0.1) is 0 Å². The van der Waals surface area contributed by atoms with E-state index in [-0.39, 0.29) is 11.9 Å². The summed E-state index contributed by atoms with van der Waals surface area (Å²) in [5.41, 5.74) is 0.712. The standard InChI is InChI=1S/C16H23ClN4O2/c1-19(2)8-7-15(22)20-9-11-21(12-10-20)16(23)18-14-5-3-13(17)4-6-14/h3-6H,7-12H2,1-2H3,(H,18,23). The number of rotatable bonds is 4. The van der Waals surface area contributed by atoms with Crippen molar-refractivity contribution < 1.29 is 9.59 Å². The number of halogens is 1. The van der Waals surface area contributed by atoms with Crippen LogP contribution >= 0.6 is 11.6 Å². The van der Waals surface area contributed by atoms with Crippen molar-refractivity contribution in [1.82, 2.24) is 14.7 Å². The van der Waals surface area contributed by atoms with E-state index >= 15 is 0 Å². The van der Waals surface area contributed by atoms with Crippen LogP contribution < -0.4 is 5.32 Å². The molecule has 1 heterocycles. The minimum atomic E-state index is -0.146. The summed E-state index contributed by atoms with van der Waals surface area (Å²) < 4.78 is 0. The zero-order valence-corrected chi connectivity index (χ0v) is 14.3. The molecule has 0 unspecified atom stereocenters. The summed E-state index contributed by atoms with van der Waals surface area (Å²) in [4.78, 5) is 29.8. The van der Waals surface area contributed by atoms with E-state index in [0.29, 0.717) is 43.3 Å². The van der Waals surface area contributed by atoms with Gasteiger partial charge in [0.05, 0.1) is 0 Å². The molecule has 0 saturated carbocycles. The van der Waals surface area contributed by atoms with Crippen molar-refractivity contribution in [3.8, 4) is 0 Å². The topological polar surface area (TPSA) is 55.9 Å². The number of carbonyl (C=O) groups is 2. The van der Waals surface area contributed by atoms with Gasteiger partial charge in [-0.2, -0.15) is 0 Å². The highest BCUT2D eigenvalue weighted by molar-refractivity contribution is 6.30. The number of anilines is 1. The lowest BCUT2D eigenvalue weighted by molar-refractivity contribution is -0.132. The van der Waals surface area contributed by atoms with E-state index in [1.165, 1.54) is 0 Å². The van der Waals surface area contributed by atoms with Crippen LogP contribution in [0.1, 0.15) is 6.42 Å². The molecule has 0 spiro atoms. The molecule has 6 nitrogen and oxygen atoms in total. The summed E-state index contributed by atoms with van der Waals surface area (Å²) in [6, 6.07) is 6.85. The molecule has 0 atom stereocenters. The summed E-state index contributed by atoms with van der Waals surface area (Å²) in [6.45, 7) is 3.01. The van der Waals surface area contributed by atoms with Crippen LogP contribution in [0.2, 0.25) is 5.02 Å². The molecule has 1 aliphatic rings. The number of urea groups is 1. The van der Waals surface area contributed by atoms with Gasteiger partial charge in [-0.25, -0.2) is 4.79 Å². The van der Waals surface area contributed by atoms with Gasteiger partial charge < -0.3 is 20.0 Å². The van der Waals surface area contributed by atoms with Crippen LogP contribution in [-0.2, 0) is 4.79 Å². The maximum Gasteiger partial charge on any atom is 0.321 e. The second-order valence-electron chi connectivity index (χ2n) is 5.86. The fourth-order valence-electron chi connectivity index (χ4n) is 2.37. The molecule has 1 saturated heterocycles. The Balaban J connectivity index is 1.78. The van der Waals surface area contributed by atoms with Crippen LogP contribution in [0.3, 0.4) is 0 Å². The molecule has 0 aromatic heterocycles. The molecule has 1 aromatic rings. The minimum absolute atomic E-state index is 0.146. The zero-order chi connectivity index (χ0) is 16.8. The van der Waals surface area contributed by atoms with Crippen molar-refractivity contribution in [3.05, 3.63) is 29.3 Å². The Kier molecular flexibility index (Phi) is 6.24. The third kappa shape index (κ3) is 5.41. The molecule has 23 heavy (non-hydrogen) atoms. The first-order valence-corrected chi connectivity index (χ1v) is 8.07. The average Bonchev–Trinajstić information content (AvgIpc) is 2.55. The SMILES string of the molecule is CN(C)CCC(=O)N1CCN(C(=O)Nc2ccc(Cl)cc2)CC1. The van der Waals surface area contributed by atoms with E-state index in [4.69, 9.17) is 11.6 Å². The first-order chi connectivity index (χ1) is 11.0. The summed E-state index contributed by atoms with van der Waals surface area (Å²) in [7, 11) is 3.90. The predicted molar refractivity (Wildman–Crippen MR) is 91.8 cm³/mol. The summed E-state index contributed by atoms with van der Waals surface area (Å²) >= 11 is 5.82. The lowest BCUT2D eigenvalue weighted by atomic mass is 10.2. The Bertz CT molecular complexity index is 540. The van der Waals surface area contributed by atoms with E-state index in [2.05, 4.69) is 5.32 Å². The number of benzene rings is 1. The third-order valence-electron chi connectivity index (χ3n) is 3.79. The van der Waals surface area contributed by atoms with Crippen LogP contribution in [0.25, 0.3) is 0 Å². The molecule has 0 bridgehead atoms. The maximum atomic E-state index is 12.2. The van der Waals surface area contributed by atoms with Gasteiger partial charge in [-0.3, -0.25) is 4.79 Å². The largest absolute Gasteiger partial charge is 0.339 e. The summed E-state index contributed by atoms with van der Waals surface area (Å²) in [5, 5.41) is 3.47. The first-order valence-electron chi connectivity index (χ1n) is 7.69. The average molecular weight is 339 g/mol. The molecule has 2 rings (SSSR count). The third-order valence-corrected chi connectivity index (χ3v) is 4.04. The lowest BCUT2D eigenvalue weighted by Gasteiger charge is -2.35. The Labute approximate surface area is 142 Å². The van der Waals surface area contributed by atoms with Gasteiger partial charge in [-0.05, 0) is 38.4 Å². The highest BCUT2D eigenvalue weighted by Gasteiger charge is 2.23. The number of carbonyl (C=O) groups excluding carboxylic acids is 2. The van der Waals surface area contributed by atoms with Crippen molar-refractivity contribution in [2.24, 2.45) is 0 Å². The van der Waals surface area contributed by atoms with Gasteiger partial charge in [-0.1, -0.05) is 11.6 Å². The fourth-order valence-corrected chi connectivity index (χ4v) is 2.50. The number of hydrogen-bond acceptors (Lipinski definition) is 3. The van der Waals surface area contributed by atoms with E-state index in [1.54, 1.807) is 29.2 Å². The zero-order valence-electron chi connectivity index (χ0n) is 13.6. The van der Waals surface area contributed by atoms with Crippen LogP contribution in [0.15, 0.2) is 24.3 Å². The quantitative estimate of drug-likeness (QED) is 0.913. The Morgan fingerprint density at radius 1 is 1.09 bits per heavy atom. The number of nitrogens with zero attached hydrogens (tertiary/aromatic N) is 3. The number of nitrogens with one attached hydrogen (secondary N) is 1. The van der Waals surface area contributed by atoms with Gasteiger partial charge in [0.1, 0.15) is 0 Å². The van der Waals surface area contributed by atoms with Crippen LogP contribution in [0.5, 0.6) is 0 Å². The van der Waals surface area contributed by atoms with Crippen molar-refractivity contribution in [3.63, 3.8) is 0 Å². The Morgan fingerprint density at radius 2 is 1.65 bits per heavy atom. The number of hydrogen-bond donors (Lipinski definition) is 1. The van der Waals surface area contributed by atoms with Crippen LogP contribution in [-0.4, -0.2) is 73.5 Å². The molecule has 1 aromatic carbocycles. The van der Waals surface area contributed by atoms with Gasteiger partial charge >= 0.3 is 6.03 Å². The molecule has 0 aliphatic carbocycles. The highest BCUT2D eigenvalue weighted by Crippen LogP contribution is 2.14. The number of amides is 3. The van der Waals surface area contributed by atoms with E-state index < -0.39 is 0 Å².